The van der Waals surface area contributed by atoms with Crippen molar-refractivity contribution in [3.05, 3.63) is 81.4 Å². The van der Waals surface area contributed by atoms with Crippen LogP contribution in [0.25, 0.3) is 5.57 Å². The Kier molecular flexibility index (Phi) is 5.08. The highest BCUT2D eigenvalue weighted by Gasteiger charge is 2.41. The Morgan fingerprint density at radius 2 is 1.86 bits per heavy atom. The molecule has 4 rings (SSSR count). The van der Waals surface area contributed by atoms with E-state index in [9.17, 15) is 14.0 Å². The number of hydrogen-bond acceptors (Lipinski definition) is 5. The fourth-order valence-corrected chi connectivity index (χ4v) is 3.98. The number of halogens is 2. The first-order chi connectivity index (χ1) is 14.0. The molecule has 1 aliphatic heterocycles. The molecule has 0 saturated heterocycles. The maximum absolute atomic E-state index is 13.6. The first-order valence-electron chi connectivity index (χ1n) is 8.53. The number of ether oxygens (including phenoxy) is 1. The molecule has 2 amide bonds. The number of nitrogens with one attached hydrogen (secondary N) is 1. The molecule has 5 nitrogen and oxygen atoms in total. The summed E-state index contributed by atoms with van der Waals surface area (Å²) in [5.74, 6) is -1.19. The second-order valence-corrected chi connectivity index (χ2v) is 7.45. The van der Waals surface area contributed by atoms with Crippen LogP contribution in [0.5, 0.6) is 5.75 Å². The van der Waals surface area contributed by atoms with Crippen molar-refractivity contribution in [2.45, 2.75) is 0 Å². The number of para-hydroxylation sites is 2. The molecule has 0 unspecified atom stereocenters. The zero-order chi connectivity index (χ0) is 20.5. The number of anilines is 2. The van der Waals surface area contributed by atoms with E-state index < -0.39 is 17.6 Å². The Bertz CT molecular complexity index is 1140. The van der Waals surface area contributed by atoms with Crippen LogP contribution in [-0.2, 0) is 9.59 Å². The van der Waals surface area contributed by atoms with Crippen LogP contribution in [0.1, 0.15) is 4.88 Å². The lowest BCUT2D eigenvalue weighted by Gasteiger charge is -2.16. The Hall–Kier alpha value is -3.16. The van der Waals surface area contributed by atoms with E-state index >= 15 is 0 Å². The van der Waals surface area contributed by atoms with Gasteiger partial charge < -0.3 is 10.1 Å². The molecule has 0 bridgehead atoms. The Labute approximate surface area is 175 Å². The lowest BCUT2D eigenvalue weighted by Crippen LogP contribution is -2.32. The van der Waals surface area contributed by atoms with E-state index in [0.29, 0.717) is 16.3 Å². The van der Waals surface area contributed by atoms with E-state index in [2.05, 4.69) is 5.32 Å². The fraction of sp³-hybridized carbons (Fsp3) is 0.0476. The summed E-state index contributed by atoms with van der Waals surface area (Å²) in [4.78, 5) is 28.1. The van der Waals surface area contributed by atoms with Crippen molar-refractivity contribution in [2.75, 3.05) is 17.3 Å². The zero-order valence-electron chi connectivity index (χ0n) is 15.1. The highest BCUT2D eigenvalue weighted by Crippen LogP contribution is 2.37. The number of methoxy groups -OCH3 is 1. The number of imide groups is 1. The minimum absolute atomic E-state index is 0.113. The van der Waals surface area contributed by atoms with E-state index in [0.717, 1.165) is 11.0 Å². The predicted octanol–water partition coefficient (Wildman–Crippen LogP) is 4.95. The topological polar surface area (TPSA) is 58.6 Å². The third kappa shape index (κ3) is 3.39. The summed E-state index contributed by atoms with van der Waals surface area (Å²) in [5, 5.41) is 4.69. The summed E-state index contributed by atoms with van der Waals surface area (Å²) in [6, 6.07) is 14.3. The van der Waals surface area contributed by atoms with Crippen LogP contribution in [-0.4, -0.2) is 18.9 Å². The average molecular weight is 429 g/mol. The van der Waals surface area contributed by atoms with Crippen LogP contribution >= 0.6 is 22.9 Å². The van der Waals surface area contributed by atoms with Gasteiger partial charge in [0.25, 0.3) is 11.8 Å². The minimum atomic E-state index is -0.631. The van der Waals surface area contributed by atoms with Crippen molar-refractivity contribution in [1.29, 1.82) is 0 Å². The van der Waals surface area contributed by atoms with Gasteiger partial charge in [-0.25, -0.2) is 9.29 Å². The molecule has 29 heavy (non-hydrogen) atoms. The summed E-state index contributed by atoms with van der Waals surface area (Å²) in [6.07, 6.45) is 0. The Balaban J connectivity index is 1.82. The van der Waals surface area contributed by atoms with E-state index in [1.165, 1.54) is 30.6 Å². The highest BCUT2D eigenvalue weighted by atomic mass is 35.5. The highest BCUT2D eigenvalue weighted by molar-refractivity contribution is 7.11. The molecule has 0 atom stereocenters. The number of amides is 2. The number of thiophene rings is 1. The van der Waals surface area contributed by atoms with Crippen molar-refractivity contribution < 1.29 is 18.7 Å². The molecule has 1 aliphatic rings. The normalized spacial score (nSPS) is 14.0. The van der Waals surface area contributed by atoms with Crippen LogP contribution in [0.15, 0.2) is 65.7 Å². The minimum Gasteiger partial charge on any atom is -0.495 e. The molecule has 1 aromatic heterocycles. The number of carbonyl (C=O) groups is 2. The van der Waals surface area contributed by atoms with Gasteiger partial charge in [0.2, 0.25) is 0 Å². The number of rotatable bonds is 5. The van der Waals surface area contributed by atoms with Crippen LogP contribution < -0.4 is 15.0 Å². The first kappa shape index (κ1) is 19.2. The van der Waals surface area contributed by atoms with E-state index in [4.69, 9.17) is 16.3 Å². The van der Waals surface area contributed by atoms with Crippen molar-refractivity contribution in [2.24, 2.45) is 0 Å². The summed E-state index contributed by atoms with van der Waals surface area (Å²) in [7, 11) is 1.52. The molecular weight excluding hydrogens is 415 g/mol. The maximum Gasteiger partial charge on any atom is 0.282 e. The summed E-state index contributed by atoms with van der Waals surface area (Å²) >= 11 is 7.20. The smallest absolute Gasteiger partial charge is 0.282 e. The van der Waals surface area contributed by atoms with Crippen molar-refractivity contribution in [3.8, 4) is 5.75 Å². The SMILES string of the molecule is COc1ccccc1NC1=C(c2cccs2)C(=O)N(c2ccc(F)c(Cl)c2)C1=O. The third-order valence-corrected chi connectivity index (χ3v) is 5.56. The number of benzene rings is 2. The van der Waals surface area contributed by atoms with Crippen LogP contribution in [0.3, 0.4) is 0 Å². The Morgan fingerprint density at radius 3 is 2.55 bits per heavy atom. The van der Waals surface area contributed by atoms with Gasteiger partial charge in [0, 0.05) is 4.88 Å². The lowest BCUT2D eigenvalue weighted by molar-refractivity contribution is -0.120. The van der Waals surface area contributed by atoms with Crippen molar-refractivity contribution >= 4 is 51.7 Å². The van der Waals surface area contributed by atoms with E-state index in [-0.39, 0.29) is 22.0 Å². The number of carbonyl (C=O) groups excluding carboxylic acids is 2. The van der Waals surface area contributed by atoms with E-state index in [1.54, 1.807) is 36.4 Å². The maximum atomic E-state index is 13.6. The molecule has 2 aromatic carbocycles. The van der Waals surface area contributed by atoms with Gasteiger partial charge in [0.05, 0.1) is 29.1 Å². The first-order valence-corrected chi connectivity index (χ1v) is 9.79. The molecule has 1 N–H and O–H groups in total. The Morgan fingerprint density at radius 1 is 1.07 bits per heavy atom. The van der Waals surface area contributed by atoms with Gasteiger partial charge in [-0.1, -0.05) is 29.8 Å². The molecule has 8 heteroatoms. The van der Waals surface area contributed by atoms with Crippen LogP contribution in [0.4, 0.5) is 15.8 Å². The van der Waals surface area contributed by atoms with Gasteiger partial charge in [-0.15, -0.1) is 11.3 Å². The quantitative estimate of drug-likeness (QED) is 0.584. The summed E-state index contributed by atoms with van der Waals surface area (Å²) in [6.45, 7) is 0. The van der Waals surface area contributed by atoms with Gasteiger partial charge in [-0.05, 0) is 41.8 Å². The van der Waals surface area contributed by atoms with Crippen LogP contribution in [0, 0.1) is 5.82 Å². The predicted molar refractivity (Wildman–Crippen MR) is 112 cm³/mol. The average Bonchev–Trinajstić information content (AvgIpc) is 3.32. The molecule has 0 aliphatic carbocycles. The largest absolute Gasteiger partial charge is 0.495 e. The molecule has 0 radical (unpaired) electrons. The lowest BCUT2D eigenvalue weighted by atomic mass is 10.1. The zero-order valence-corrected chi connectivity index (χ0v) is 16.7. The van der Waals surface area contributed by atoms with Gasteiger partial charge in [-0.2, -0.15) is 0 Å². The van der Waals surface area contributed by atoms with Gasteiger partial charge in [0.1, 0.15) is 17.3 Å². The van der Waals surface area contributed by atoms with Gasteiger partial charge in [-0.3, -0.25) is 9.59 Å². The summed E-state index contributed by atoms with van der Waals surface area (Å²) < 4.78 is 18.9. The fourth-order valence-electron chi connectivity index (χ4n) is 3.04. The second-order valence-electron chi connectivity index (χ2n) is 6.10. The second kappa shape index (κ2) is 7.69. The van der Waals surface area contributed by atoms with Gasteiger partial charge >= 0.3 is 0 Å². The molecular formula is C21H14ClFN2O3S. The molecule has 0 saturated carbocycles. The number of hydrogen-bond donors (Lipinski definition) is 1. The molecule has 3 aromatic rings. The molecule has 0 fully saturated rings. The van der Waals surface area contributed by atoms with Crippen molar-refractivity contribution in [1.82, 2.24) is 0 Å². The standard InChI is InChI=1S/C21H14ClFN2O3S/c1-28-16-6-3-2-5-15(16)24-19-18(17-7-4-10-29-17)20(26)25(21(19)27)12-8-9-14(23)13(22)11-12/h2-11,24H,1H3. The van der Waals surface area contributed by atoms with Gasteiger partial charge in [0.15, 0.2) is 0 Å². The molecule has 146 valence electrons. The number of nitrogens with zero attached hydrogens (tertiary/aromatic N) is 1. The van der Waals surface area contributed by atoms with E-state index in [1.807, 2.05) is 5.38 Å². The summed E-state index contributed by atoms with van der Waals surface area (Å²) in [5.41, 5.74) is 1.08. The monoisotopic (exact) mass is 428 g/mol. The van der Waals surface area contributed by atoms with Crippen LogP contribution in [0.2, 0.25) is 5.02 Å². The molecule has 2 heterocycles. The van der Waals surface area contributed by atoms with Crippen molar-refractivity contribution in [3.63, 3.8) is 0 Å². The molecule has 0 spiro atoms. The third-order valence-electron chi connectivity index (χ3n) is 4.38.